The second-order valence-corrected chi connectivity index (χ2v) is 13.4. The van der Waals surface area contributed by atoms with E-state index in [-0.39, 0.29) is 42.1 Å². The molecule has 3 heterocycles. The molecule has 0 bridgehead atoms. The van der Waals surface area contributed by atoms with Crippen molar-refractivity contribution in [2.45, 2.75) is 82.5 Å². The third-order valence-electron chi connectivity index (χ3n) is 10.2. The molecule has 9 nitrogen and oxygen atoms in total. The Hall–Kier alpha value is -3.27. The molecule has 1 saturated carbocycles. The van der Waals surface area contributed by atoms with Crippen LogP contribution in [0.5, 0.6) is 0 Å². The smallest absolute Gasteiger partial charge is 0.245 e. The second-order valence-electron chi connectivity index (χ2n) is 13.0. The summed E-state index contributed by atoms with van der Waals surface area (Å²) in [6.45, 7) is 3.60. The Labute approximate surface area is 270 Å². The topological polar surface area (TPSA) is 102 Å². The molecule has 10 heteroatoms. The fourth-order valence-electron chi connectivity index (χ4n) is 7.64. The van der Waals surface area contributed by atoms with Gasteiger partial charge in [0, 0.05) is 82.1 Å². The van der Waals surface area contributed by atoms with Gasteiger partial charge >= 0.3 is 0 Å². The van der Waals surface area contributed by atoms with Crippen LogP contribution < -0.4 is 10.6 Å². The molecule has 1 aliphatic carbocycles. The first-order valence-electron chi connectivity index (χ1n) is 16.6. The number of hydrogen-bond donors (Lipinski definition) is 2. The molecule has 2 saturated heterocycles. The Morgan fingerprint density at radius 3 is 2.31 bits per heavy atom. The van der Waals surface area contributed by atoms with E-state index in [0.717, 1.165) is 30.5 Å². The zero-order chi connectivity index (χ0) is 31.3. The summed E-state index contributed by atoms with van der Waals surface area (Å²) in [5.74, 6) is 0.0659. The zero-order valence-corrected chi connectivity index (χ0v) is 26.6. The van der Waals surface area contributed by atoms with Crippen LogP contribution in [-0.4, -0.2) is 83.1 Å². The summed E-state index contributed by atoms with van der Waals surface area (Å²) in [6.07, 6.45) is 7.05. The first kappa shape index (κ1) is 31.7. The van der Waals surface area contributed by atoms with Gasteiger partial charge in [-0.25, -0.2) is 0 Å². The van der Waals surface area contributed by atoms with Crippen molar-refractivity contribution in [3.05, 3.63) is 70.2 Å². The third-order valence-corrected chi connectivity index (χ3v) is 10.4. The number of rotatable bonds is 10. The molecule has 3 fully saturated rings. The van der Waals surface area contributed by atoms with Gasteiger partial charge in [-0.1, -0.05) is 67.3 Å². The van der Waals surface area contributed by atoms with E-state index in [1.165, 1.54) is 29.7 Å². The van der Waals surface area contributed by atoms with Crippen LogP contribution in [0.4, 0.5) is 0 Å². The first-order valence-corrected chi connectivity index (χ1v) is 16.9. The standard InChI is InChI=1S/C35H44ClN5O4/c36-27-12-10-24(11-13-27)20-30(38-32(42)21-29-28-9-5-4-8-26(28)22-37-29)35(45)40-18-16-39(17-19-40)31(25-6-2-1-3-7-25)23-41-33(43)14-15-34(41)44/h4-5,8-13,25,29-31,37H,1-3,6-7,14-23H2,(H,38,42). The van der Waals surface area contributed by atoms with E-state index in [1.54, 1.807) is 12.1 Å². The van der Waals surface area contributed by atoms with Crippen LogP contribution in [0.15, 0.2) is 48.5 Å². The predicted octanol–water partition coefficient (Wildman–Crippen LogP) is 3.84. The van der Waals surface area contributed by atoms with Gasteiger partial charge in [0.15, 0.2) is 0 Å². The maximum absolute atomic E-state index is 14.0. The van der Waals surface area contributed by atoms with Crippen molar-refractivity contribution >= 4 is 35.2 Å². The van der Waals surface area contributed by atoms with Gasteiger partial charge in [0.2, 0.25) is 23.6 Å². The minimum atomic E-state index is -0.698. The molecule has 0 radical (unpaired) electrons. The molecule has 0 spiro atoms. The first-order chi connectivity index (χ1) is 21.9. The lowest BCUT2D eigenvalue weighted by molar-refractivity contribution is -0.140. The Kier molecular flexibility index (Phi) is 10.2. The molecule has 2 aromatic rings. The molecule has 3 aliphatic heterocycles. The fourth-order valence-corrected chi connectivity index (χ4v) is 7.77. The average molecular weight is 634 g/mol. The minimum absolute atomic E-state index is 0.0632. The highest BCUT2D eigenvalue weighted by Gasteiger charge is 2.38. The summed E-state index contributed by atoms with van der Waals surface area (Å²) < 4.78 is 0. The summed E-state index contributed by atoms with van der Waals surface area (Å²) in [7, 11) is 0. The lowest BCUT2D eigenvalue weighted by Crippen LogP contribution is -2.59. The lowest BCUT2D eigenvalue weighted by Gasteiger charge is -2.44. The lowest BCUT2D eigenvalue weighted by atomic mass is 9.82. The summed E-state index contributed by atoms with van der Waals surface area (Å²) >= 11 is 6.12. The highest BCUT2D eigenvalue weighted by Crippen LogP contribution is 2.31. The Morgan fingerprint density at radius 1 is 0.911 bits per heavy atom. The monoisotopic (exact) mass is 633 g/mol. The van der Waals surface area contributed by atoms with Gasteiger partial charge in [-0.2, -0.15) is 0 Å². The number of nitrogens with one attached hydrogen (secondary N) is 2. The molecular formula is C35H44ClN5O4. The van der Waals surface area contributed by atoms with Gasteiger partial charge in [-0.05, 0) is 47.6 Å². The summed E-state index contributed by atoms with van der Waals surface area (Å²) in [5.41, 5.74) is 3.26. The van der Waals surface area contributed by atoms with Gasteiger partial charge in [-0.3, -0.25) is 29.0 Å². The van der Waals surface area contributed by atoms with Gasteiger partial charge in [-0.15, -0.1) is 0 Å². The van der Waals surface area contributed by atoms with Gasteiger partial charge < -0.3 is 15.5 Å². The number of benzene rings is 2. The van der Waals surface area contributed by atoms with Crippen molar-refractivity contribution < 1.29 is 19.2 Å². The van der Waals surface area contributed by atoms with E-state index in [0.29, 0.717) is 62.9 Å². The van der Waals surface area contributed by atoms with Crippen LogP contribution in [0.25, 0.3) is 0 Å². The maximum atomic E-state index is 14.0. The third kappa shape index (κ3) is 7.59. The number of halogens is 1. The Bertz CT molecular complexity index is 1370. The van der Waals surface area contributed by atoms with Crippen LogP contribution in [-0.2, 0) is 32.1 Å². The molecule has 3 unspecified atom stereocenters. The highest BCUT2D eigenvalue weighted by atomic mass is 35.5. The van der Waals surface area contributed by atoms with E-state index in [1.807, 2.05) is 29.2 Å². The van der Waals surface area contributed by atoms with Crippen molar-refractivity contribution in [3.63, 3.8) is 0 Å². The van der Waals surface area contributed by atoms with Gasteiger partial charge in [0.25, 0.3) is 0 Å². The van der Waals surface area contributed by atoms with Gasteiger partial charge in [0.1, 0.15) is 6.04 Å². The number of amides is 4. The Balaban J connectivity index is 1.12. The van der Waals surface area contributed by atoms with Crippen molar-refractivity contribution in [1.82, 2.24) is 25.3 Å². The van der Waals surface area contributed by atoms with E-state index in [2.05, 4.69) is 27.7 Å². The summed E-state index contributed by atoms with van der Waals surface area (Å²) in [6, 6.07) is 14.9. The summed E-state index contributed by atoms with van der Waals surface area (Å²) in [5, 5.41) is 7.13. The van der Waals surface area contributed by atoms with Gasteiger partial charge in [0.05, 0.1) is 0 Å². The number of nitrogens with zero attached hydrogens (tertiary/aromatic N) is 3. The fraction of sp³-hybridized carbons (Fsp3) is 0.543. The largest absolute Gasteiger partial charge is 0.344 e. The van der Waals surface area contributed by atoms with E-state index in [4.69, 9.17) is 11.6 Å². The van der Waals surface area contributed by atoms with Crippen LogP contribution in [0, 0.1) is 5.92 Å². The second kappa shape index (κ2) is 14.4. The molecule has 2 N–H and O–H groups in total. The number of hydrogen-bond acceptors (Lipinski definition) is 6. The number of carbonyl (C=O) groups is 4. The number of likely N-dealkylation sites (tertiary alicyclic amines) is 1. The molecule has 45 heavy (non-hydrogen) atoms. The zero-order valence-electron chi connectivity index (χ0n) is 25.9. The summed E-state index contributed by atoms with van der Waals surface area (Å²) in [4.78, 5) is 58.2. The normalized spacial score (nSPS) is 22.4. The Morgan fingerprint density at radius 2 is 1.60 bits per heavy atom. The van der Waals surface area contributed by atoms with E-state index < -0.39 is 6.04 Å². The average Bonchev–Trinajstić information content (AvgIpc) is 3.62. The van der Waals surface area contributed by atoms with Crippen LogP contribution in [0.3, 0.4) is 0 Å². The molecule has 2 aromatic carbocycles. The molecule has 3 atom stereocenters. The number of fused-ring (bicyclic) bond motifs is 1. The molecular weight excluding hydrogens is 590 g/mol. The van der Waals surface area contributed by atoms with Crippen molar-refractivity contribution in [2.24, 2.45) is 5.92 Å². The van der Waals surface area contributed by atoms with E-state index in [9.17, 15) is 19.2 Å². The van der Waals surface area contributed by atoms with E-state index >= 15 is 0 Å². The van der Waals surface area contributed by atoms with Crippen LogP contribution in [0.2, 0.25) is 5.02 Å². The predicted molar refractivity (Wildman–Crippen MR) is 172 cm³/mol. The van der Waals surface area contributed by atoms with Crippen molar-refractivity contribution in [2.75, 3.05) is 32.7 Å². The van der Waals surface area contributed by atoms with Crippen LogP contribution in [0.1, 0.15) is 74.1 Å². The highest BCUT2D eigenvalue weighted by molar-refractivity contribution is 6.30. The minimum Gasteiger partial charge on any atom is -0.344 e. The number of imide groups is 1. The molecule has 0 aromatic heterocycles. The molecule has 240 valence electrons. The van der Waals surface area contributed by atoms with Crippen LogP contribution >= 0.6 is 11.6 Å². The molecule has 6 rings (SSSR count). The van der Waals surface area contributed by atoms with Crippen molar-refractivity contribution in [1.29, 1.82) is 0 Å². The molecule has 4 amide bonds. The van der Waals surface area contributed by atoms with Crippen molar-refractivity contribution in [3.8, 4) is 0 Å². The number of piperazine rings is 1. The maximum Gasteiger partial charge on any atom is 0.245 e. The quantitative estimate of drug-likeness (QED) is 0.386. The SMILES string of the molecule is O=C(CC1NCc2ccccc21)NC(Cc1ccc(Cl)cc1)C(=O)N1CCN(C(CN2C(=O)CCC2=O)C2CCCCC2)CC1. The molecule has 4 aliphatic rings. The number of carbonyl (C=O) groups excluding carboxylic acids is 4.